The molecule has 1 aromatic heterocycles. The smallest absolute Gasteiger partial charge is 0.129 e. The van der Waals surface area contributed by atoms with Crippen molar-refractivity contribution in [2.24, 2.45) is 5.73 Å². The summed E-state index contributed by atoms with van der Waals surface area (Å²) >= 11 is 0. The van der Waals surface area contributed by atoms with E-state index in [9.17, 15) is 0 Å². The van der Waals surface area contributed by atoms with E-state index < -0.39 is 0 Å². The van der Waals surface area contributed by atoms with Crippen molar-refractivity contribution in [2.75, 3.05) is 11.4 Å². The highest BCUT2D eigenvalue weighted by Crippen LogP contribution is 2.32. The van der Waals surface area contributed by atoms with Crippen LogP contribution in [0.4, 0.5) is 5.82 Å². The lowest BCUT2D eigenvalue weighted by Crippen LogP contribution is -2.28. The molecule has 18 heavy (non-hydrogen) atoms. The monoisotopic (exact) mass is 247 g/mol. The molecule has 1 aromatic rings. The molecule has 3 nitrogen and oxygen atoms in total. The number of nitrogens with zero attached hydrogens (tertiary/aromatic N) is 2. The van der Waals surface area contributed by atoms with Crippen LogP contribution < -0.4 is 10.6 Å². The number of aromatic nitrogens is 1. The molecule has 0 amide bonds. The molecule has 1 fully saturated rings. The van der Waals surface area contributed by atoms with Crippen LogP contribution in [0.1, 0.15) is 57.2 Å². The van der Waals surface area contributed by atoms with Gasteiger partial charge in [0.2, 0.25) is 0 Å². The molecular formula is C15H25N3. The van der Waals surface area contributed by atoms with E-state index in [1.165, 1.54) is 24.8 Å². The number of hydrogen-bond acceptors (Lipinski definition) is 3. The van der Waals surface area contributed by atoms with Gasteiger partial charge in [0.15, 0.2) is 0 Å². The van der Waals surface area contributed by atoms with Crippen LogP contribution in [0.2, 0.25) is 0 Å². The first-order chi connectivity index (χ1) is 8.65. The minimum absolute atomic E-state index is 0.456. The third-order valence-corrected chi connectivity index (χ3v) is 3.47. The molecular weight excluding hydrogens is 222 g/mol. The zero-order chi connectivity index (χ0) is 13.1. The van der Waals surface area contributed by atoms with E-state index in [4.69, 9.17) is 10.7 Å². The van der Waals surface area contributed by atoms with Crippen molar-refractivity contribution >= 4 is 5.82 Å². The second-order valence-corrected chi connectivity index (χ2v) is 5.54. The quantitative estimate of drug-likeness (QED) is 0.840. The molecule has 1 aliphatic rings. The third-order valence-electron chi connectivity index (χ3n) is 3.47. The summed E-state index contributed by atoms with van der Waals surface area (Å²) in [4.78, 5) is 7.29. The first kappa shape index (κ1) is 13.3. The van der Waals surface area contributed by atoms with Gasteiger partial charge in [-0.15, -0.1) is 0 Å². The lowest BCUT2D eigenvalue weighted by molar-refractivity contribution is 0.735. The summed E-state index contributed by atoms with van der Waals surface area (Å²) in [5.41, 5.74) is 8.17. The number of pyridine rings is 1. The van der Waals surface area contributed by atoms with Gasteiger partial charge < -0.3 is 10.6 Å². The topological polar surface area (TPSA) is 42.1 Å². The number of rotatable bonds is 6. The summed E-state index contributed by atoms with van der Waals surface area (Å²) in [6.07, 6.45) is 3.79. The fraction of sp³-hybridized carbons (Fsp3) is 0.667. The van der Waals surface area contributed by atoms with Gasteiger partial charge >= 0.3 is 0 Å². The van der Waals surface area contributed by atoms with Crippen LogP contribution in [0.3, 0.4) is 0 Å². The summed E-state index contributed by atoms with van der Waals surface area (Å²) in [6.45, 7) is 8.30. The van der Waals surface area contributed by atoms with E-state index in [1.54, 1.807) is 0 Å². The summed E-state index contributed by atoms with van der Waals surface area (Å²) in [6, 6.07) is 5.02. The molecule has 1 aliphatic carbocycles. The Kier molecular flexibility index (Phi) is 4.23. The second-order valence-electron chi connectivity index (χ2n) is 5.54. The van der Waals surface area contributed by atoms with Gasteiger partial charge in [-0.05, 0) is 42.9 Å². The first-order valence-electron chi connectivity index (χ1n) is 7.13. The number of hydrogen-bond donors (Lipinski definition) is 1. The van der Waals surface area contributed by atoms with Crippen LogP contribution in [0.25, 0.3) is 0 Å². The molecule has 0 spiro atoms. The Balaban J connectivity index is 2.31. The Morgan fingerprint density at radius 3 is 2.61 bits per heavy atom. The summed E-state index contributed by atoms with van der Waals surface area (Å²) in [5.74, 6) is 1.59. The van der Waals surface area contributed by atoms with Gasteiger partial charge in [0, 0.05) is 24.8 Å². The van der Waals surface area contributed by atoms with Crippen molar-refractivity contribution in [3.05, 3.63) is 23.4 Å². The van der Waals surface area contributed by atoms with Crippen LogP contribution in [-0.2, 0) is 6.54 Å². The maximum absolute atomic E-state index is 5.81. The Bertz CT molecular complexity index is 397. The highest BCUT2D eigenvalue weighted by molar-refractivity contribution is 5.45. The Morgan fingerprint density at radius 2 is 2.11 bits per heavy atom. The van der Waals surface area contributed by atoms with Gasteiger partial charge in [-0.2, -0.15) is 0 Å². The van der Waals surface area contributed by atoms with E-state index in [-0.39, 0.29) is 0 Å². The lowest BCUT2D eigenvalue weighted by atomic mass is 10.1. The van der Waals surface area contributed by atoms with Gasteiger partial charge in [-0.1, -0.05) is 20.8 Å². The highest BCUT2D eigenvalue weighted by atomic mass is 15.2. The molecule has 3 heteroatoms. The minimum Gasteiger partial charge on any atom is -0.354 e. The van der Waals surface area contributed by atoms with Crippen LogP contribution in [-0.4, -0.2) is 17.6 Å². The van der Waals surface area contributed by atoms with E-state index >= 15 is 0 Å². The van der Waals surface area contributed by atoms with E-state index in [1.807, 2.05) is 0 Å². The highest BCUT2D eigenvalue weighted by Gasteiger charge is 2.29. The molecule has 2 rings (SSSR count). The van der Waals surface area contributed by atoms with Crippen LogP contribution in [0.15, 0.2) is 12.1 Å². The summed E-state index contributed by atoms with van der Waals surface area (Å²) in [7, 11) is 0. The Hall–Kier alpha value is -1.09. The van der Waals surface area contributed by atoms with Crippen LogP contribution >= 0.6 is 0 Å². The van der Waals surface area contributed by atoms with Crippen molar-refractivity contribution in [3.8, 4) is 0 Å². The van der Waals surface area contributed by atoms with Crippen molar-refractivity contribution in [2.45, 2.75) is 58.5 Å². The molecule has 0 unspecified atom stereocenters. The SMILES string of the molecule is CCCN(c1cc(CN)cc(C(C)C)n1)C1CC1. The van der Waals surface area contributed by atoms with Gasteiger partial charge in [0.25, 0.3) is 0 Å². The molecule has 1 heterocycles. The molecule has 0 atom stereocenters. The predicted molar refractivity (Wildman–Crippen MR) is 76.9 cm³/mol. The molecule has 0 bridgehead atoms. The standard InChI is InChI=1S/C15H25N3/c1-4-7-18(13-5-6-13)15-9-12(10-16)8-14(17-15)11(2)3/h8-9,11,13H,4-7,10,16H2,1-3H3. The molecule has 1 saturated carbocycles. The molecule has 100 valence electrons. The summed E-state index contributed by atoms with van der Waals surface area (Å²) < 4.78 is 0. The van der Waals surface area contributed by atoms with E-state index in [0.29, 0.717) is 18.5 Å². The molecule has 0 radical (unpaired) electrons. The molecule has 0 aromatic carbocycles. The van der Waals surface area contributed by atoms with Gasteiger partial charge in [0.1, 0.15) is 5.82 Å². The fourth-order valence-electron chi connectivity index (χ4n) is 2.27. The maximum atomic E-state index is 5.81. The minimum atomic E-state index is 0.456. The van der Waals surface area contributed by atoms with Crippen molar-refractivity contribution in [1.82, 2.24) is 4.98 Å². The third kappa shape index (κ3) is 3.02. The average molecular weight is 247 g/mol. The second kappa shape index (κ2) is 5.70. The lowest BCUT2D eigenvalue weighted by Gasteiger charge is -2.24. The normalized spacial score (nSPS) is 15.2. The zero-order valence-electron chi connectivity index (χ0n) is 11.8. The maximum Gasteiger partial charge on any atom is 0.129 e. The van der Waals surface area contributed by atoms with E-state index in [0.717, 1.165) is 18.1 Å². The first-order valence-corrected chi connectivity index (χ1v) is 7.13. The predicted octanol–water partition coefficient (Wildman–Crippen LogP) is 3.04. The largest absolute Gasteiger partial charge is 0.354 e. The van der Waals surface area contributed by atoms with Crippen molar-refractivity contribution in [1.29, 1.82) is 0 Å². The molecule has 0 aliphatic heterocycles. The van der Waals surface area contributed by atoms with Gasteiger partial charge in [-0.25, -0.2) is 4.98 Å². The van der Waals surface area contributed by atoms with Crippen molar-refractivity contribution < 1.29 is 0 Å². The Labute approximate surface area is 110 Å². The van der Waals surface area contributed by atoms with E-state index in [2.05, 4.69) is 37.8 Å². The van der Waals surface area contributed by atoms with Gasteiger partial charge in [0.05, 0.1) is 0 Å². The number of anilines is 1. The average Bonchev–Trinajstić information content (AvgIpc) is 3.19. The number of nitrogens with two attached hydrogens (primary N) is 1. The van der Waals surface area contributed by atoms with Gasteiger partial charge in [-0.3, -0.25) is 0 Å². The Morgan fingerprint density at radius 1 is 1.39 bits per heavy atom. The molecule has 0 saturated heterocycles. The molecule has 2 N–H and O–H groups in total. The fourth-order valence-corrected chi connectivity index (χ4v) is 2.27. The van der Waals surface area contributed by atoms with Crippen molar-refractivity contribution in [3.63, 3.8) is 0 Å². The van der Waals surface area contributed by atoms with Crippen LogP contribution in [0.5, 0.6) is 0 Å². The summed E-state index contributed by atoms with van der Waals surface area (Å²) in [5, 5.41) is 0. The van der Waals surface area contributed by atoms with Crippen LogP contribution in [0, 0.1) is 0 Å². The zero-order valence-corrected chi connectivity index (χ0v) is 11.8.